The molecule has 0 aliphatic heterocycles. The van der Waals surface area contributed by atoms with Crippen LogP contribution in [0.1, 0.15) is 27.6 Å². The molecule has 0 amide bonds. The maximum absolute atomic E-state index is 12.7. The lowest BCUT2D eigenvalue weighted by Gasteiger charge is -2.10. The van der Waals surface area contributed by atoms with Crippen molar-refractivity contribution >= 4 is 28.8 Å². The molecule has 0 aliphatic carbocycles. The molecule has 0 radical (unpaired) electrons. The van der Waals surface area contributed by atoms with Crippen molar-refractivity contribution in [1.29, 1.82) is 0 Å². The number of hydrogen-bond donors (Lipinski definition) is 1. The van der Waals surface area contributed by atoms with Crippen LogP contribution in [-0.4, -0.2) is 33.4 Å². The van der Waals surface area contributed by atoms with Crippen molar-refractivity contribution in [2.75, 3.05) is 6.61 Å². The van der Waals surface area contributed by atoms with Gasteiger partial charge in [-0.3, -0.25) is 14.0 Å². The van der Waals surface area contributed by atoms with E-state index in [4.69, 9.17) is 4.74 Å². The summed E-state index contributed by atoms with van der Waals surface area (Å²) >= 11 is 0. The number of hydrogen-bond acceptors (Lipinski definition) is 6. The molecule has 0 spiro atoms. The van der Waals surface area contributed by atoms with Crippen LogP contribution >= 0.6 is 0 Å². The van der Waals surface area contributed by atoms with Gasteiger partial charge in [0.25, 0.3) is 5.56 Å². The van der Waals surface area contributed by atoms with E-state index >= 15 is 0 Å². The van der Waals surface area contributed by atoms with Crippen LogP contribution in [-0.2, 0) is 4.74 Å². The fourth-order valence-electron chi connectivity index (χ4n) is 2.44. The summed E-state index contributed by atoms with van der Waals surface area (Å²) in [7, 11) is 0. The molecule has 0 bridgehead atoms. The molecular formula is C16H12N2O5. The van der Waals surface area contributed by atoms with Gasteiger partial charge >= 0.3 is 5.97 Å². The van der Waals surface area contributed by atoms with E-state index in [-0.39, 0.29) is 17.8 Å². The number of carbonyl (C=O) groups is 2. The van der Waals surface area contributed by atoms with Crippen LogP contribution in [0, 0.1) is 0 Å². The molecule has 1 aromatic carbocycles. The Labute approximate surface area is 129 Å². The summed E-state index contributed by atoms with van der Waals surface area (Å²) in [6.07, 6.45) is 0.539. The normalized spacial score (nSPS) is 10.8. The molecular weight excluding hydrogens is 300 g/mol. The second kappa shape index (κ2) is 5.53. The minimum Gasteiger partial charge on any atom is -0.492 e. The lowest BCUT2D eigenvalue weighted by molar-refractivity contribution is 0.0519. The average molecular weight is 312 g/mol. The highest BCUT2D eigenvalue weighted by Gasteiger charge is 2.23. The quantitative estimate of drug-likeness (QED) is 0.447. The number of aldehydes is 1. The number of nitrogens with zero attached hydrogens (tertiary/aromatic N) is 2. The van der Waals surface area contributed by atoms with E-state index in [0.717, 1.165) is 4.40 Å². The molecule has 3 aromatic rings. The zero-order chi connectivity index (χ0) is 16.6. The molecule has 2 aromatic heterocycles. The Balaban J connectivity index is 2.53. The predicted octanol–water partition coefficient (Wildman–Crippen LogP) is 1.54. The summed E-state index contributed by atoms with van der Waals surface area (Å²) in [5.74, 6) is -1.72. The van der Waals surface area contributed by atoms with E-state index in [9.17, 15) is 19.5 Å². The van der Waals surface area contributed by atoms with Crippen molar-refractivity contribution in [3.63, 3.8) is 0 Å². The minimum atomic E-state index is -0.961. The van der Waals surface area contributed by atoms with Crippen LogP contribution in [0.25, 0.3) is 16.6 Å². The first kappa shape index (κ1) is 14.7. The highest BCUT2D eigenvalue weighted by Crippen LogP contribution is 2.21. The zero-order valence-electron chi connectivity index (χ0n) is 12.1. The number of benzene rings is 1. The fraction of sp³-hybridized carbons (Fsp3) is 0.125. The Morgan fingerprint density at radius 1 is 1.39 bits per heavy atom. The molecule has 0 saturated heterocycles. The second-order valence-corrected chi connectivity index (χ2v) is 4.77. The first-order valence-electron chi connectivity index (χ1n) is 6.88. The van der Waals surface area contributed by atoms with Gasteiger partial charge in [-0.05, 0) is 24.4 Å². The van der Waals surface area contributed by atoms with Crippen molar-refractivity contribution in [3.8, 4) is 5.88 Å². The number of esters is 1. The highest BCUT2D eigenvalue weighted by atomic mass is 16.5. The molecule has 0 atom stereocenters. The number of para-hydroxylation sites is 1. The molecule has 116 valence electrons. The summed E-state index contributed by atoms with van der Waals surface area (Å²) < 4.78 is 5.92. The van der Waals surface area contributed by atoms with E-state index in [2.05, 4.69) is 4.98 Å². The SMILES string of the molecule is CCOC(=O)c1c(O)nc2c(C=O)cc3ccccc3n2c1=O. The van der Waals surface area contributed by atoms with Gasteiger partial charge in [0.2, 0.25) is 5.88 Å². The van der Waals surface area contributed by atoms with E-state index in [1.807, 2.05) is 0 Å². The minimum absolute atomic E-state index is 0.0192. The number of pyridine rings is 1. The summed E-state index contributed by atoms with van der Waals surface area (Å²) in [5, 5.41) is 10.6. The van der Waals surface area contributed by atoms with Crippen molar-refractivity contribution < 1.29 is 19.4 Å². The molecule has 2 heterocycles. The van der Waals surface area contributed by atoms with Crippen molar-refractivity contribution in [2.45, 2.75) is 6.92 Å². The van der Waals surface area contributed by atoms with Gasteiger partial charge in [0.05, 0.1) is 17.7 Å². The third kappa shape index (κ3) is 2.22. The third-order valence-electron chi connectivity index (χ3n) is 3.42. The molecule has 7 heteroatoms. The number of aromatic nitrogens is 2. The van der Waals surface area contributed by atoms with Gasteiger partial charge in [-0.2, -0.15) is 4.98 Å². The number of aromatic hydroxyl groups is 1. The van der Waals surface area contributed by atoms with E-state index < -0.39 is 23.0 Å². The standard InChI is InChI=1S/C16H12N2O5/c1-2-23-16(22)12-14(20)17-13-10(8-19)7-9-5-3-4-6-11(9)18(13)15(12)21/h3-8,20H,2H2,1H3. The molecule has 0 aliphatic rings. The van der Waals surface area contributed by atoms with E-state index in [1.165, 1.54) is 0 Å². The lowest BCUT2D eigenvalue weighted by atomic mass is 10.1. The van der Waals surface area contributed by atoms with Crippen LogP contribution in [0.4, 0.5) is 0 Å². The molecule has 0 saturated carbocycles. The zero-order valence-corrected chi connectivity index (χ0v) is 12.1. The number of ether oxygens (including phenoxy) is 1. The van der Waals surface area contributed by atoms with Gasteiger partial charge in [0.1, 0.15) is 0 Å². The summed E-state index contributed by atoms with van der Waals surface area (Å²) in [4.78, 5) is 39.7. The summed E-state index contributed by atoms with van der Waals surface area (Å²) in [6.45, 7) is 1.64. The first-order chi connectivity index (χ1) is 11.1. The smallest absolute Gasteiger partial charge is 0.349 e. The van der Waals surface area contributed by atoms with Crippen molar-refractivity contribution in [2.24, 2.45) is 0 Å². The Bertz CT molecular complexity index is 1010. The summed E-state index contributed by atoms with van der Waals surface area (Å²) in [6, 6.07) is 8.42. The van der Waals surface area contributed by atoms with Gasteiger partial charge in [-0.15, -0.1) is 0 Å². The second-order valence-electron chi connectivity index (χ2n) is 4.77. The van der Waals surface area contributed by atoms with Crippen LogP contribution in [0.2, 0.25) is 0 Å². The Morgan fingerprint density at radius 2 is 2.13 bits per heavy atom. The Kier molecular flexibility index (Phi) is 3.53. The largest absolute Gasteiger partial charge is 0.492 e. The molecule has 7 nitrogen and oxygen atoms in total. The first-order valence-corrected chi connectivity index (χ1v) is 6.88. The van der Waals surface area contributed by atoms with Gasteiger partial charge in [-0.1, -0.05) is 18.2 Å². The molecule has 1 N–H and O–H groups in total. The monoisotopic (exact) mass is 312 g/mol. The van der Waals surface area contributed by atoms with Gasteiger partial charge < -0.3 is 9.84 Å². The summed E-state index contributed by atoms with van der Waals surface area (Å²) in [5.41, 5.74) is -0.764. The average Bonchev–Trinajstić information content (AvgIpc) is 2.53. The fourth-order valence-corrected chi connectivity index (χ4v) is 2.44. The highest BCUT2D eigenvalue weighted by molar-refractivity contribution is 5.96. The van der Waals surface area contributed by atoms with Crippen LogP contribution in [0.15, 0.2) is 35.1 Å². The number of carbonyl (C=O) groups excluding carboxylic acids is 2. The van der Waals surface area contributed by atoms with E-state index in [0.29, 0.717) is 17.2 Å². The van der Waals surface area contributed by atoms with Crippen LogP contribution < -0.4 is 5.56 Å². The lowest BCUT2D eigenvalue weighted by Crippen LogP contribution is -2.25. The number of rotatable bonds is 3. The molecule has 23 heavy (non-hydrogen) atoms. The molecule has 0 unspecified atom stereocenters. The van der Waals surface area contributed by atoms with Crippen molar-refractivity contribution in [1.82, 2.24) is 9.38 Å². The van der Waals surface area contributed by atoms with E-state index in [1.54, 1.807) is 37.3 Å². The molecule has 3 rings (SSSR count). The van der Waals surface area contributed by atoms with Crippen LogP contribution in [0.3, 0.4) is 0 Å². The van der Waals surface area contributed by atoms with Crippen LogP contribution in [0.5, 0.6) is 5.88 Å². The van der Waals surface area contributed by atoms with Gasteiger partial charge in [-0.25, -0.2) is 4.79 Å². The predicted molar refractivity (Wildman–Crippen MR) is 82.0 cm³/mol. The third-order valence-corrected chi connectivity index (χ3v) is 3.42. The Morgan fingerprint density at radius 3 is 2.83 bits per heavy atom. The number of fused-ring (bicyclic) bond motifs is 3. The Hall–Kier alpha value is -3.22. The topological polar surface area (TPSA) is 98.0 Å². The van der Waals surface area contributed by atoms with Crippen molar-refractivity contribution in [3.05, 3.63) is 51.8 Å². The van der Waals surface area contributed by atoms with Gasteiger partial charge in [0, 0.05) is 0 Å². The maximum Gasteiger partial charge on any atom is 0.349 e. The maximum atomic E-state index is 12.7. The molecule has 0 fully saturated rings. The van der Waals surface area contributed by atoms with Gasteiger partial charge in [0.15, 0.2) is 17.5 Å².